The molecular formula is C16H21N5O3. The Labute approximate surface area is 139 Å². The molecule has 1 atom stereocenters. The van der Waals surface area contributed by atoms with E-state index in [1.807, 2.05) is 28.6 Å². The Morgan fingerprint density at radius 2 is 2.21 bits per heavy atom. The van der Waals surface area contributed by atoms with Gasteiger partial charge in [-0.2, -0.15) is 5.10 Å². The molecule has 0 aromatic carbocycles. The number of rotatable bonds is 3. The second kappa shape index (κ2) is 6.37. The Bertz CT molecular complexity index is 719. The number of ether oxygens (including phenoxy) is 1. The zero-order valence-corrected chi connectivity index (χ0v) is 13.7. The third-order valence-corrected chi connectivity index (χ3v) is 4.53. The van der Waals surface area contributed by atoms with E-state index in [0.29, 0.717) is 39.4 Å². The van der Waals surface area contributed by atoms with Gasteiger partial charge in [-0.15, -0.1) is 0 Å². The van der Waals surface area contributed by atoms with Crippen LogP contribution in [-0.4, -0.2) is 63.5 Å². The van der Waals surface area contributed by atoms with E-state index in [9.17, 15) is 4.79 Å². The van der Waals surface area contributed by atoms with Crippen LogP contribution >= 0.6 is 0 Å². The molecule has 0 aliphatic carbocycles. The molecule has 2 aliphatic heterocycles. The first-order valence-corrected chi connectivity index (χ1v) is 8.24. The van der Waals surface area contributed by atoms with Crippen LogP contribution < -0.4 is 0 Å². The lowest BCUT2D eigenvalue weighted by Crippen LogP contribution is -2.49. The number of nitrogens with zero attached hydrogens (tertiary/aromatic N) is 5. The van der Waals surface area contributed by atoms with Gasteiger partial charge in [0.05, 0.1) is 24.6 Å². The minimum Gasteiger partial charge on any atom is -0.378 e. The smallest absolute Gasteiger partial charge is 0.248 e. The molecule has 0 bridgehead atoms. The van der Waals surface area contributed by atoms with Crippen LogP contribution in [0.1, 0.15) is 23.2 Å². The third kappa shape index (κ3) is 2.94. The maximum atomic E-state index is 13.0. The summed E-state index contributed by atoms with van der Waals surface area (Å²) in [5, 5.41) is 8.44. The van der Waals surface area contributed by atoms with Crippen molar-refractivity contribution in [3.63, 3.8) is 0 Å². The summed E-state index contributed by atoms with van der Waals surface area (Å²) in [7, 11) is 0. The molecule has 1 fully saturated rings. The Morgan fingerprint density at radius 1 is 1.38 bits per heavy atom. The maximum absolute atomic E-state index is 13.0. The van der Waals surface area contributed by atoms with E-state index < -0.39 is 0 Å². The van der Waals surface area contributed by atoms with Crippen LogP contribution in [0.2, 0.25) is 0 Å². The third-order valence-electron chi connectivity index (χ3n) is 4.53. The summed E-state index contributed by atoms with van der Waals surface area (Å²) in [4.78, 5) is 17.1. The number of carbonyl (C=O) groups is 1. The highest BCUT2D eigenvalue weighted by molar-refractivity contribution is 5.81. The minimum absolute atomic E-state index is 0.115. The summed E-state index contributed by atoms with van der Waals surface area (Å²) in [6.07, 6.45) is 1.76. The number of carbonyl (C=O) groups excluding carboxylic acids is 1. The van der Waals surface area contributed by atoms with Crippen LogP contribution in [0.5, 0.6) is 0 Å². The van der Waals surface area contributed by atoms with Crippen molar-refractivity contribution in [2.45, 2.75) is 26.1 Å². The van der Waals surface area contributed by atoms with Crippen molar-refractivity contribution in [2.75, 3.05) is 32.8 Å². The van der Waals surface area contributed by atoms with E-state index in [1.165, 1.54) is 0 Å². The number of morpholine rings is 1. The number of aromatic nitrogens is 3. The number of hydrogen-bond donors (Lipinski definition) is 0. The average Bonchev–Trinajstić information content (AvgIpc) is 3.23. The Balaban J connectivity index is 1.53. The molecule has 1 amide bonds. The van der Waals surface area contributed by atoms with Gasteiger partial charge < -0.3 is 14.2 Å². The van der Waals surface area contributed by atoms with Gasteiger partial charge in [0.2, 0.25) is 5.91 Å². The lowest BCUT2D eigenvalue weighted by atomic mass is 10.1. The molecule has 2 aromatic heterocycles. The van der Waals surface area contributed by atoms with E-state index >= 15 is 0 Å². The second-order valence-corrected chi connectivity index (χ2v) is 6.32. The zero-order chi connectivity index (χ0) is 16.5. The monoisotopic (exact) mass is 331 g/mol. The van der Waals surface area contributed by atoms with Crippen molar-refractivity contribution >= 4 is 5.91 Å². The van der Waals surface area contributed by atoms with Crippen molar-refractivity contribution in [3.8, 4) is 0 Å². The van der Waals surface area contributed by atoms with Crippen molar-refractivity contribution < 1.29 is 14.1 Å². The second-order valence-electron chi connectivity index (χ2n) is 6.32. The largest absolute Gasteiger partial charge is 0.378 e. The fraction of sp³-hybridized carbons (Fsp3) is 0.562. The summed E-state index contributed by atoms with van der Waals surface area (Å²) in [6.45, 7) is 6.42. The van der Waals surface area contributed by atoms with E-state index in [-0.39, 0.29) is 11.9 Å². The van der Waals surface area contributed by atoms with Crippen LogP contribution in [0, 0.1) is 6.92 Å². The quantitative estimate of drug-likeness (QED) is 0.819. The first kappa shape index (κ1) is 15.3. The molecule has 24 heavy (non-hydrogen) atoms. The summed E-state index contributed by atoms with van der Waals surface area (Å²) >= 11 is 0. The summed E-state index contributed by atoms with van der Waals surface area (Å²) in [5.41, 5.74) is 1.94. The molecular weight excluding hydrogens is 310 g/mol. The number of amides is 1. The normalized spacial score (nSPS) is 21.7. The van der Waals surface area contributed by atoms with Gasteiger partial charge in [0, 0.05) is 45.0 Å². The topological polar surface area (TPSA) is 76.6 Å². The van der Waals surface area contributed by atoms with E-state index in [4.69, 9.17) is 9.26 Å². The fourth-order valence-corrected chi connectivity index (χ4v) is 3.38. The van der Waals surface area contributed by atoms with Crippen LogP contribution in [0.3, 0.4) is 0 Å². The molecule has 128 valence electrons. The van der Waals surface area contributed by atoms with Gasteiger partial charge in [-0.05, 0) is 13.0 Å². The molecule has 2 aromatic rings. The fourth-order valence-electron chi connectivity index (χ4n) is 3.38. The van der Waals surface area contributed by atoms with Gasteiger partial charge in [0.1, 0.15) is 11.8 Å². The lowest BCUT2D eigenvalue weighted by Gasteiger charge is -2.36. The highest BCUT2D eigenvalue weighted by Gasteiger charge is 2.34. The lowest BCUT2D eigenvalue weighted by molar-refractivity contribution is -0.140. The number of hydrogen-bond acceptors (Lipinski definition) is 6. The summed E-state index contributed by atoms with van der Waals surface area (Å²) in [6, 6.07) is 3.61. The van der Waals surface area contributed by atoms with Crippen molar-refractivity contribution in [2.24, 2.45) is 0 Å². The molecule has 0 radical (unpaired) electrons. The molecule has 2 aliphatic rings. The molecule has 4 rings (SSSR count). The maximum Gasteiger partial charge on any atom is 0.248 e. The number of fused-ring (bicyclic) bond motifs is 1. The van der Waals surface area contributed by atoms with Crippen LogP contribution in [0.15, 0.2) is 22.9 Å². The molecule has 0 saturated carbocycles. The van der Waals surface area contributed by atoms with E-state index in [1.54, 1.807) is 6.20 Å². The predicted octanol–water partition coefficient (Wildman–Crippen LogP) is 0.595. The molecule has 0 spiro atoms. The van der Waals surface area contributed by atoms with E-state index in [0.717, 1.165) is 23.7 Å². The van der Waals surface area contributed by atoms with E-state index in [2.05, 4.69) is 15.2 Å². The zero-order valence-electron chi connectivity index (χ0n) is 13.7. The van der Waals surface area contributed by atoms with Crippen LogP contribution in [0.25, 0.3) is 0 Å². The first-order valence-electron chi connectivity index (χ1n) is 8.24. The molecule has 1 saturated heterocycles. The average molecular weight is 331 g/mol. The predicted molar refractivity (Wildman–Crippen MR) is 84.0 cm³/mol. The van der Waals surface area contributed by atoms with Crippen molar-refractivity contribution in [1.82, 2.24) is 24.7 Å². The minimum atomic E-state index is -0.296. The standard InChI is InChI=1S/C16H21N5O3/c1-12-8-13(18-24-12)9-19-10-14-2-3-17-21(14)15(11-19)16(22)20-4-6-23-7-5-20/h2-3,8,15H,4-7,9-11H2,1H3/t15-/m1/s1. The highest BCUT2D eigenvalue weighted by Crippen LogP contribution is 2.24. The van der Waals surface area contributed by atoms with Crippen molar-refractivity contribution in [1.29, 1.82) is 0 Å². The summed E-state index contributed by atoms with van der Waals surface area (Å²) in [5.74, 6) is 0.914. The Kier molecular flexibility index (Phi) is 4.07. The Hall–Kier alpha value is -2.19. The molecule has 0 unspecified atom stereocenters. The van der Waals surface area contributed by atoms with Crippen LogP contribution in [0.4, 0.5) is 0 Å². The summed E-state index contributed by atoms with van der Waals surface area (Å²) < 4.78 is 12.4. The van der Waals surface area contributed by atoms with Gasteiger partial charge in [0.15, 0.2) is 0 Å². The SMILES string of the molecule is Cc1cc(CN2Cc3ccnn3[C@@H](C(=O)N3CCOCC3)C2)no1. The number of aryl methyl sites for hydroxylation is 1. The first-order chi connectivity index (χ1) is 11.7. The van der Waals surface area contributed by atoms with Gasteiger partial charge in [-0.3, -0.25) is 14.4 Å². The molecule has 0 N–H and O–H groups in total. The van der Waals surface area contributed by atoms with Crippen LogP contribution in [-0.2, 0) is 22.6 Å². The van der Waals surface area contributed by atoms with Gasteiger partial charge >= 0.3 is 0 Å². The Morgan fingerprint density at radius 3 is 2.96 bits per heavy atom. The van der Waals surface area contributed by atoms with Gasteiger partial charge in [0.25, 0.3) is 0 Å². The van der Waals surface area contributed by atoms with Gasteiger partial charge in [-0.25, -0.2) is 0 Å². The molecule has 8 heteroatoms. The van der Waals surface area contributed by atoms with Gasteiger partial charge in [-0.1, -0.05) is 5.16 Å². The highest BCUT2D eigenvalue weighted by atomic mass is 16.5. The molecule has 4 heterocycles. The van der Waals surface area contributed by atoms with Crippen molar-refractivity contribution in [3.05, 3.63) is 35.5 Å². The molecule has 8 nitrogen and oxygen atoms in total.